The van der Waals surface area contributed by atoms with Crippen LogP contribution in [0.4, 0.5) is 0 Å². The standard InChI is InChI=1S/C13H14N2O2/c1-14-6-13-11-4-2-3-10(12(11)8-16-13)9-5-15-17-7-9/h2-5,7,13-14H,6,8H2,1H3/t13-/m1/s1. The third kappa shape index (κ3) is 1.75. The number of aromatic nitrogens is 1. The number of hydrogen-bond donors (Lipinski definition) is 1. The molecule has 0 bridgehead atoms. The second-order valence-electron chi connectivity index (χ2n) is 4.14. The van der Waals surface area contributed by atoms with Gasteiger partial charge in [-0.3, -0.25) is 0 Å². The smallest absolute Gasteiger partial charge is 0.131 e. The largest absolute Gasteiger partial charge is 0.367 e. The van der Waals surface area contributed by atoms with Gasteiger partial charge in [0.25, 0.3) is 0 Å². The molecule has 4 heteroatoms. The molecule has 0 amide bonds. The lowest BCUT2D eigenvalue weighted by atomic mass is 9.97. The fourth-order valence-corrected chi connectivity index (χ4v) is 2.30. The van der Waals surface area contributed by atoms with E-state index in [-0.39, 0.29) is 6.10 Å². The summed E-state index contributed by atoms with van der Waals surface area (Å²) in [6.07, 6.45) is 3.55. The van der Waals surface area contributed by atoms with Crippen molar-refractivity contribution < 1.29 is 9.26 Å². The number of likely N-dealkylation sites (N-methyl/N-ethyl adjacent to an activating group) is 1. The van der Waals surface area contributed by atoms with Gasteiger partial charge in [-0.05, 0) is 23.7 Å². The summed E-state index contributed by atoms with van der Waals surface area (Å²) in [5, 5.41) is 6.90. The quantitative estimate of drug-likeness (QED) is 0.877. The first-order valence-corrected chi connectivity index (χ1v) is 5.68. The zero-order chi connectivity index (χ0) is 11.7. The van der Waals surface area contributed by atoms with Crippen LogP contribution in [0.25, 0.3) is 11.1 Å². The first-order valence-electron chi connectivity index (χ1n) is 5.68. The van der Waals surface area contributed by atoms with Gasteiger partial charge in [-0.2, -0.15) is 0 Å². The van der Waals surface area contributed by atoms with Crippen LogP contribution in [-0.2, 0) is 11.3 Å². The van der Waals surface area contributed by atoms with Gasteiger partial charge in [-0.1, -0.05) is 23.4 Å². The molecule has 1 aromatic heterocycles. The second kappa shape index (κ2) is 4.31. The molecule has 0 fully saturated rings. The Morgan fingerprint density at radius 3 is 3.18 bits per heavy atom. The minimum Gasteiger partial charge on any atom is -0.367 e. The molecule has 1 aliphatic heterocycles. The highest BCUT2D eigenvalue weighted by molar-refractivity contribution is 5.67. The molecule has 4 nitrogen and oxygen atoms in total. The van der Waals surface area contributed by atoms with E-state index in [9.17, 15) is 0 Å². The second-order valence-corrected chi connectivity index (χ2v) is 4.14. The number of fused-ring (bicyclic) bond motifs is 1. The van der Waals surface area contributed by atoms with Crippen molar-refractivity contribution in [2.24, 2.45) is 0 Å². The molecule has 1 atom stereocenters. The molecule has 1 aliphatic rings. The molecule has 0 saturated heterocycles. The zero-order valence-electron chi connectivity index (χ0n) is 9.64. The maximum atomic E-state index is 5.79. The number of nitrogens with one attached hydrogen (secondary N) is 1. The average Bonchev–Trinajstić information content (AvgIpc) is 2.98. The van der Waals surface area contributed by atoms with E-state index >= 15 is 0 Å². The minimum atomic E-state index is 0.148. The van der Waals surface area contributed by atoms with E-state index in [2.05, 4.69) is 28.7 Å². The average molecular weight is 230 g/mol. The van der Waals surface area contributed by atoms with Crippen LogP contribution in [0, 0.1) is 0 Å². The molecule has 0 radical (unpaired) electrons. The molecule has 0 spiro atoms. The highest BCUT2D eigenvalue weighted by Crippen LogP contribution is 2.36. The van der Waals surface area contributed by atoms with Crippen molar-refractivity contribution in [3.05, 3.63) is 41.8 Å². The Bertz CT molecular complexity index is 508. The Morgan fingerprint density at radius 1 is 1.47 bits per heavy atom. The van der Waals surface area contributed by atoms with Crippen LogP contribution in [0.5, 0.6) is 0 Å². The first-order chi connectivity index (χ1) is 8.40. The van der Waals surface area contributed by atoms with Crippen molar-refractivity contribution in [3.63, 3.8) is 0 Å². The maximum Gasteiger partial charge on any atom is 0.131 e. The van der Waals surface area contributed by atoms with Crippen LogP contribution in [0.3, 0.4) is 0 Å². The van der Waals surface area contributed by atoms with Gasteiger partial charge >= 0.3 is 0 Å². The molecular weight excluding hydrogens is 216 g/mol. The van der Waals surface area contributed by atoms with Crippen LogP contribution in [0.2, 0.25) is 0 Å². The summed E-state index contributed by atoms with van der Waals surface area (Å²) in [5.74, 6) is 0. The van der Waals surface area contributed by atoms with Crippen molar-refractivity contribution in [1.29, 1.82) is 0 Å². The van der Waals surface area contributed by atoms with E-state index in [1.165, 1.54) is 11.1 Å². The van der Waals surface area contributed by atoms with Crippen LogP contribution in [0.1, 0.15) is 17.2 Å². The van der Waals surface area contributed by atoms with E-state index in [4.69, 9.17) is 9.26 Å². The highest BCUT2D eigenvalue weighted by Gasteiger charge is 2.25. The fourth-order valence-electron chi connectivity index (χ4n) is 2.30. The summed E-state index contributed by atoms with van der Waals surface area (Å²) < 4.78 is 10.7. The molecule has 0 unspecified atom stereocenters. The number of benzene rings is 1. The molecule has 88 valence electrons. The van der Waals surface area contributed by atoms with Gasteiger partial charge in [0.2, 0.25) is 0 Å². The SMILES string of the molecule is CNC[C@H]1OCc2c(-c3cnoc3)cccc21. The number of ether oxygens (including phenoxy) is 1. The summed E-state index contributed by atoms with van der Waals surface area (Å²) >= 11 is 0. The van der Waals surface area contributed by atoms with Crippen LogP contribution in [-0.4, -0.2) is 18.7 Å². The molecule has 1 aromatic carbocycles. The molecule has 0 saturated carbocycles. The molecule has 1 N–H and O–H groups in total. The Morgan fingerprint density at radius 2 is 2.41 bits per heavy atom. The highest BCUT2D eigenvalue weighted by atomic mass is 16.5. The van der Waals surface area contributed by atoms with Crippen molar-refractivity contribution in [1.82, 2.24) is 10.5 Å². The number of hydrogen-bond acceptors (Lipinski definition) is 4. The first kappa shape index (κ1) is 10.5. The van der Waals surface area contributed by atoms with E-state index in [0.717, 1.165) is 17.7 Å². The van der Waals surface area contributed by atoms with E-state index in [0.29, 0.717) is 6.61 Å². The summed E-state index contributed by atoms with van der Waals surface area (Å²) in [6, 6.07) is 6.26. The van der Waals surface area contributed by atoms with Gasteiger partial charge in [-0.25, -0.2) is 0 Å². The van der Waals surface area contributed by atoms with Crippen LogP contribution in [0.15, 0.2) is 35.2 Å². The monoisotopic (exact) mass is 230 g/mol. The fraction of sp³-hybridized carbons (Fsp3) is 0.308. The van der Waals surface area contributed by atoms with Crippen molar-refractivity contribution in [3.8, 4) is 11.1 Å². The molecule has 2 aromatic rings. The van der Waals surface area contributed by atoms with Gasteiger partial charge in [0, 0.05) is 12.1 Å². The van der Waals surface area contributed by atoms with Crippen LogP contribution >= 0.6 is 0 Å². The third-order valence-corrected chi connectivity index (χ3v) is 3.12. The maximum absolute atomic E-state index is 5.79. The lowest BCUT2D eigenvalue weighted by Gasteiger charge is -2.10. The lowest BCUT2D eigenvalue weighted by Crippen LogP contribution is -2.16. The Balaban J connectivity index is 2.04. The summed E-state index contributed by atoms with van der Waals surface area (Å²) in [6.45, 7) is 1.49. The van der Waals surface area contributed by atoms with Gasteiger partial charge in [-0.15, -0.1) is 0 Å². The van der Waals surface area contributed by atoms with E-state index in [1.54, 1.807) is 12.5 Å². The van der Waals surface area contributed by atoms with Gasteiger partial charge in [0.1, 0.15) is 6.26 Å². The minimum absolute atomic E-state index is 0.148. The zero-order valence-corrected chi connectivity index (χ0v) is 9.64. The van der Waals surface area contributed by atoms with Gasteiger partial charge in [0.05, 0.1) is 18.9 Å². The predicted octanol–water partition coefficient (Wildman–Crippen LogP) is 2.13. The number of rotatable bonds is 3. The lowest BCUT2D eigenvalue weighted by molar-refractivity contribution is 0.0675. The third-order valence-electron chi connectivity index (χ3n) is 3.12. The number of nitrogens with zero attached hydrogens (tertiary/aromatic N) is 1. The molecule has 17 heavy (non-hydrogen) atoms. The molecule has 0 aliphatic carbocycles. The predicted molar refractivity (Wildman–Crippen MR) is 63.4 cm³/mol. The molecule has 3 rings (SSSR count). The van der Waals surface area contributed by atoms with Crippen molar-refractivity contribution in [2.75, 3.05) is 13.6 Å². The molecular formula is C13H14N2O2. The van der Waals surface area contributed by atoms with Crippen LogP contribution < -0.4 is 5.32 Å². The van der Waals surface area contributed by atoms with E-state index in [1.807, 2.05) is 7.05 Å². The van der Waals surface area contributed by atoms with Gasteiger partial charge in [0.15, 0.2) is 0 Å². The van der Waals surface area contributed by atoms with Crippen molar-refractivity contribution >= 4 is 0 Å². The van der Waals surface area contributed by atoms with Gasteiger partial charge < -0.3 is 14.6 Å². The van der Waals surface area contributed by atoms with E-state index < -0.39 is 0 Å². The Labute approximate surface area is 99.6 Å². The summed E-state index contributed by atoms with van der Waals surface area (Å²) in [4.78, 5) is 0. The summed E-state index contributed by atoms with van der Waals surface area (Å²) in [5.41, 5.74) is 4.67. The summed E-state index contributed by atoms with van der Waals surface area (Å²) in [7, 11) is 1.94. The normalized spacial score (nSPS) is 18.3. The molecule has 2 heterocycles. The topological polar surface area (TPSA) is 47.3 Å². The Hall–Kier alpha value is -1.65. The van der Waals surface area contributed by atoms with Crippen molar-refractivity contribution in [2.45, 2.75) is 12.7 Å². The Kier molecular flexibility index (Phi) is 2.66.